The van der Waals surface area contributed by atoms with Crippen molar-refractivity contribution in [2.75, 3.05) is 13.2 Å². The van der Waals surface area contributed by atoms with Crippen LogP contribution in [0.4, 0.5) is 0 Å². The van der Waals surface area contributed by atoms with Gasteiger partial charge < -0.3 is 9.47 Å². The van der Waals surface area contributed by atoms with Crippen molar-refractivity contribution in [2.24, 2.45) is 0 Å². The van der Waals surface area contributed by atoms with Crippen molar-refractivity contribution >= 4 is 39.9 Å². The topological polar surface area (TPSA) is 35.5 Å². The molecule has 0 bridgehead atoms. The van der Waals surface area contributed by atoms with Crippen LogP contribution in [0.15, 0.2) is 0 Å². The second kappa shape index (κ2) is 4.80. The van der Waals surface area contributed by atoms with Crippen LogP contribution in [0.1, 0.15) is 27.7 Å². The fourth-order valence-electron chi connectivity index (χ4n) is 1.61. The summed E-state index contributed by atoms with van der Waals surface area (Å²) in [5, 5.41) is 0. The Labute approximate surface area is 106 Å². The Morgan fingerprint density at radius 3 is 3.20 bits per heavy atom. The largest absolute Gasteiger partial charge is 0.462 e. The molecule has 5 heteroatoms. The number of esters is 1. The van der Waals surface area contributed by atoms with Gasteiger partial charge in [-0.3, -0.25) is 0 Å². The van der Waals surface area contributed by atoms with Gasteiger partial charge in [0.1, 0.15) is 0 Å². The summed E-state index contributed by atoms with van der Waals surface area (Å²) in [5.41, 5.74) is 1.90. The molecule has 2 rings (SSSR count). The molecule has 0 saturated heterocycles. The molecular weight excluding hydrogens is 327 g/mol. The van der Waals surface area contributed by atoms with E-state index in [0.29, 0.717) is 19.8 Å². The van der Waals surface area contributed by atoms with E-state index in [1.165, 1.54) is 4.88 Å². The van der Waals surface area contributed by atoms with E-state index in [1.807, 2.05) is 6.92 Å². The molecule has 0 aromatic carbocycles. The third-order valence-corrected chi connectivity index (χ3v) is 4.45. The lowest BCUT2D eigenvalue weighted by Gasteiger charge is -2.12. The normalized spacial score (nSPS) is 14.8. The van der Waals surface area contributed by atoms with Gasteiger partial charge in [-0.1, -0.05) is 0 Å². The quantitative estimate of drug-likeness (QED) is 0.614. The molecule has 0 spiro atoms. The molecule has 1 aromatic rings. The van der Waals surface area contributed by atoms with Gasteiger partial charge >= 0.3 is 5.97 Å². The first-order valence-electron chi connectivity index (χ1n) is 4.79. The van der Waals surface area contributed by atoms with Crippen LogP contribution in [0.3, 0.4) is 0 Å². The van der Waals surface area contributed by atoms with E-state index in [4.69, 9.17) is 9.47 Å². The van der Waals surface area contributed by atoms with E-state index >= 15 is 0 Å². The van der Waals surface area contributed by atoms with Gasteiger partial charge in [-0.05, 0) is 41.5 Å². The number of hydrogen-bond acceptors (Lipinski definition) is 4. The lowest BCUT2D eigenvalue weighted by molar-refractivity contribution is 0.0521. The van der Waals surface area contributed by atoms with Gasteiger partial charge in [0.2, 0.25) is 0 Å². The molecule has 0 fully saturated rings. The zero-order valence-electron chi connectivity index (χ0n) is 8.34. The van der Waals surface area contributed by atoms with Gasteiger partial charge in [-0.2, -0.15) is 0 Å². The van der Waals surface area contributed by atoms with Crippen LogP contribution in [0.2, 0.25) is 0 Å². The maximum Gasteiger partial charge on any atom is 0.340 e. The number of rotatable bonds is 2. The predicted molar refractivity (Wildman–Crippen MR) is 66.4 cm³/mol. The lowest BCUT2D eigenvalue weighted by Crippen LogP contribution is -2.13. The third-order valence-electron chi connectivity index (χ3n) is 2.26. The van der Waals surface area contributed by atoms with Gasteiger partial charge in [0, 0.05) is 4.88 Å². The highest BCUT2D eigenvalue weighted by molar-refractivity contribution is 14.1. The number of halogens is 1. The average molecular weight is 338 g/mol. The van der Waals surface area contributed by atoms with Crippen molar-refractivity contribution in [3.63, 3.8) is 0 Å². The van der Waals surface area contributed by atoms with Crippen LogP contribution in [-0.4, -0.2) is 19.2 Å². The van der Waals surface area contributed by atoms with Crippen LogP contribution < -0.4 is 0 Å². The molecule has 2 heterocycles. The van der Waals surface area contributed by atoms with E-state index < -0.39 is 0 Å². The Morgan fingerprint density at radius 2 is 2.47 bits per heavy atom. The zero-order chi connectivity index (χ0) is 10.8. The maximum absolute atomic E-state index is 11.7. The first-order valence-corrected chi connectivity index (χ1v) is 6.68. The minimum absolute atomic E-state index is 0.193. The highest BCUT2D eigenvalue weighted by Gasteiger charge is 2.25. The van der Waals surface area contributed by atoms with Gasteiger partial charge in [-0.15, -0.1) is 11.3 Å². The van der Waals surface area contributed by atoms with Gasteiger partial charge in [0.05, 0.1) is 28.3 Å². The summed E-state index contributed by atoms with van der Waals surface area (Å²) in [6.45, 7) is 3.59. The number of fused-ring (bicyclic) bond motifs is 1. The second-order valence-electron chi connectivity index (χ2n) is 3.18. The smallest absolute Gasteiger partial charge is 0.340 e. The third kappa shape index (κ3) is 2.19. The minimum atomic E-state index is -0.193. The summed E-state index contributed by atoms with van der Waals surface area (Å²) >= 11 is 3.83. The fourth-order valence-corrected chi connectivity index (χ4v) is 3.94. The average Bonchev–Trinajstić information content (AvgIpc) is 2.54. The Morgan fingerprint density at radius 1 is 1.67 bits per heavy atom. The van der Waals surface area contributed by atoms with Crippen LogP contribution in [0.5, 0.6) is 0 Å². The Balaban J connectivity index is 2.37. The number of carbonyl (C=O) groups is 1. The molecule has 3 nitrogen and oxygen atoms in total. The summed E-state index contributed by atoms with van der Waals surface area (Å²) in [7, 11) is 0. The summed E-state index contributed by atoms with van der Waals surface area (Å²) in [4.78, 5) is 12.9. The Kier molecular flexibility index (Phi) is 3.63. The molecule has 0 aliphatic carbocycles. The molecule has 15 heavy (non-hydrogen) atoms. The van der Waals surface area contributed by atoms with Crippen molar-refractivity contribution in [1.82, 2.24) is 0 Å². The van der Waals surface area contributed by atoms with Crippen LogP contribution in [0.25, 0.3) is 0 Å². The van der Waals surface area contributed by atoms with Crippen LogP contribution in [0, 0.1) is 2.88 Å². The molecule has 1 aromatic heterocycles. The van der Waals surface area contributed by atoms with E-state index in [9.17, 15) is 4.79 Å². The van der Waals surface area contributed by atoms with E-state index in [1.54, 1.807) is 11.3 Å². The number of hydrogen-bond donors (Lipinski definition) is 0. The molecule has 0 N–H and O–H groups in total. The summed E-state index contributed by atoms with van der Waals surface area (Å²) in [5.74, 6) is -0.193. The van der Waals surface area contributed by atoms with E-state index in [0.717, 1.165) is 20.4 Å². The zero-order valence-corrected chi connectivity index (χ0v) is 11.3. The highest BCUT2D eigenvalue weighted by atomic mass is 127. The van der Waals surface area contributed by atoms with E-state index in [2.05, 4.69) is 22.6 Å². The van der Waals surface area contributed by atoms with Gasteiger partial charge in [0.25, 0.3) is 0 Å². The highest BCUT2D eigenvalue weighted by Crippen LogP contribution is 2.33. The van der Waals surface area contributed by atoms with Gasteiger partial charge in [-0.25, -0.2) is 4.79 Å². The molecular formula is C10H11IO3S. The first kappa shape index (κ1) is 11.3. The summed E-state index contributed by atoms with van der Waals surface area (Å²) < 4.78 is 11.4. The van der Waals surface area contributed by atoms with Crippen molar-refractivity contribution in [3.05, 3.63) is 18.9 Å². The molecule has 0 radical (unpaired) electrons. The monoisotopic (exact) mass is 338 g/mol. The summed E-state index contributed by atoms with van der Waals surface area (Å²) in [6, 6.07) is 0. The van der Waals surface area contributed by atoms with Crippen molar-refractivity contribution in [2.45, 2.75) is 20.0 Å². The van der Waals surface area contributed by atoms with Crippen LogP contribution >= 0.6 is 33.9 Å². The fraction of sp³-hybridized carbons (Fsp3) is 0.500. The predicted octanol–water partition coefficient (Wildman–Crippen LogP) is 2.60. The first-order chi connectivity index (χ1) is 7.24. The standard InChI is InChI=1S/C10H11IO3S/c1-2-14-10(12)8-6-3-4-13-5-7(6)15-9(8)11/h2-5H2,1H3. The molecule has 82 valence electrons. The summed E-state index contributed by atoms with van der Waals surface area (Å²) in [6.07, 6.45) is 0.822. The molecule has 0 amide bonds. The van der Waals surface area contributed by atoms with Gasteiger partial charge in [0.15, 0.2) is 0 Å². The van der Waals surface area contributed by atoms with Crippen molar-refractivity contribution in [1.29, 1.82) is 0 Å². The number of thiophene rings is 1. The second-order valence-corrected chi connectivity index (χ2v) is 6.09. The van der Waals surface area contributed by atoms with Crippen LogP contribution in [-0.2, 0) is 22.5 Å². The lowest BCUT2D eigenvalue weighted by atomic mass is 10.1. The van der Waals surface area contributed by atoms with Crippen molar-refractivity contribution in [3.8, 4) is 0 Å². The number of ether oxygens (including phenoxy) is 2. The molecule has 0 atom stereocenters. The molecule has 0 saturated carbocycles. The molecule has 1 aliphatic rings. The Hall–Kier alpha value is -0.140. The van der Waals surface area contributed by atoms with Crippen molar-refractivity contribution < 1.29 is 14.3 Å². The minimum Gasteiger partial charge on any atom is -0.462 e. The maximum atomic E-state index is 11.7. The Bertz CT molecular complexity index is 386. The molecule has 0 unspecified atom stereocenters. The van der Waals surface area contributed by atoms with E-state index in [-0.39, 0.29) is 5.97 Å². The number of carbonyl (C=O) groups excluding carboxylic acids is 1. The SMILES string of the molecule is CCOC(=O)c1c(I)sc2c1CCOC2. The molecule has 1 aliphatic heterocycles.